The second kappa shape index (κ2) is 10.2. The van der Waals surface area contributed by atoms with Gasteiger partial charge in [-0.15, -0.1) is 0 Å². The number of carbonyl (C=O) groups excluding carboxylic acids is 1. The van der Waals surface area contributed by atoms with Crippen molar-refractivity contribution in [2.75, 3.05) is 25.1 Å². The molecule has 0 bridgehead atoms. The van der Waals surface area contributed by atoms with Gasteiger partial charge in [0, 0.05) is 43.8 Å². The largest absolute Gasteiger partial charge is 0.381 e. The number of carbonyl (C=O) groups is 1. The molecule has 9 nitrogen and oxygen atoms in total. The maximum atomic E-state index is 13.5. The van der Waals surface area contributed by atoms with Crippen LogP contribution in [0.5, 0.6) is 0 Å². The molecule has 1 saturated heterocycles. The van der Waals surface area contributed by atoms with Crippen LogP contribution in [0.1, 0.15) is 40.5 Å². The van der Waals surface area contributed by atoms with Crippen LogP contribution in [0.25, 0.3) is 5.82 Å². The number of anilines is 1. The van der Waals surface area contributed by atoms with Gasteiger partial charge < -0.3 is 21.1 Å². The summed E-state index contributed by atoms with van der Waals surface area (Å²) in [5, 5.41) is 6.12. The summed E-state index contributed by atoms with van der Waals surface area (Å²) in [4.78, 5) is 26.0. The van der Waals surface area contributed by atoms with Gasteiger partial charge in [0.05, 0.1) is 11.1 Å². The molecule has 1 unspecified atom stereocenters. The highest BCUT2D eigenvalue weighted by atomic mass is 35.5. The molecule has 0 saturated carbocycles. The van der Waals surface area contributed by atoms with E-state index in [0.717, 1.165) is 18.4 Å². The number of nitrogens with two attached hydrogens (primary N) is 1. The first-order valence-corrected chi connectivity index (χ1v) is 11.0. The zero-order valence-corrected chi connectivity index (χ0v) is 18.8. The molecule has 33 heavy (non-hydrogen) atoms. The summed E-state index contributed by atoms with van der Waals surface area (Å²) in [6, 6.07) is 3.94. The maximum Gasteiger partial charge on any atom is 0.272 e. The van der Waals surface area contributed by atoms with Crippen molar-refractivity contribution in [2.24, 2.45) is 5.73 Å². The van der Waals surface area contributed by atoms with Crippen molar-refractivity contribution in [1.29, 1.82) is 0 Å². The van der Waals surface area contributed by atoms with Gasteiger partial charge in [0.1, 0.15) is 23.7 Å². The number of aromatic nitrogens is 4. The van der Waals surface area contributed by atoms with Crippen LogP contribution < -0.4 is 16.4 Å². The Kier molecular flexibility index (Phi) is 7.17. The predicted octanol–water partition coefficient (Wildman–Crippen LogP) is 2.78. The Morgan fingerprint density at radius 2 is 2.15 bits per heavy atom. The second-order valence-corrected chi connectivity index (χ2v) is 8.24. The molecule has 1 atom stereocenters. The summed E-state index contributed by atoms with van der Waals surface area (Å²) in [5.74, 6) is 0.175. The minimum atomic E-state index is -0.545. The fraction of sp³-hybridized carbons (Fsp3) is 0.364. The van der Waals surface area contributed by atoms with Crippen LogP contribution in [0.3, 0.4) is 0 Å². The van der Waals surface area contributed by atoms with Gasteiger partial charge in [0.15, 0.2) is 0 Å². The quantitative estimate of drug-likeness (QED) is 0.482. The van der Waals surface area contributed by atoms with Gasteiger partial charge in [-0.2, -0.15) is 4.98 Å². The van der Waals surface area contributed by atoms with Crippen molar-refractivity contribution in [3.8, 4) is 5.82 Å². The Morgan fingerprint density at radius 3 is 2.88 bits per heavy atom. The molecule has 11 heteroatoms. The average molecular weight is 474 g/mol. The molecule has 3 heterocycles. The number of imidazole rings is 1. The topological polar surface area (TPSA) is 120 Å². The number of benzene rings is 1. The predicted molar refractivity (Wildman–Crippen MR) is 122 cm³/mol. The molecule has 2 aromatic heterocycles. The fourth-order valence-corrected chi connectivity index (χ4v) is 3.77. The van der Waals surface area contributed by atoms with Gasteiger partial charge in [-0.05, 0) is 37.5 Å². The molecule has 0 radical (unpaired) electrons. The molecule has 1 amide bonds. The van der Waals surface area contributed by atoms with E-state index in [1.165, 1.54) is 24.5 Å². The molecule has 4 rings (SSSR count). The van der Waals surface area contributed by atoms with Crippen molar-refractivity contribution < 1.29 is 13.9 Å². The molecular formula is C22H25ClFN7O2. The SMILES string of the molecule is Cc1cnc(NC2CCOCC2)nc1-n1cnc(C(=O)NC(CN)c2ccc(F)c(Cl)c2)c1. The van der Waals surface area contributed by atoms with Crippen molar-refractivity contribution in [1.82, 2.24) is 24.8 Å². The Labute approximate surface area is 195 Å². The van der Waals surface area contributed by atoms with E-state index in [4.69, 9.17) is 22.1 Å². The Balaban J connectivity index is 1.49. The van der Waals surface area contributed by atoms with Crippen molar-refractivity contribution in [3.63, 3.8) is 0 Å². The van der Waals surface area contributed by atoms with E-state index in [2.05, 4.69) is 25.6 Å². The molecule has 1 fully saturated rings. The van der Waals surface area contributed by atoms with Gasteiger partial charge in [-0.25, -0.2) is 14.4 Å². The number of aryl methyl sites for hydroxylation is 1. The van der Waals surface area contributed by atoms with Crippen LogP contribution in [0.2, 0.25) is 5.02 Å². The number of amides is 1. The number of ether oxygens (including phenoxy) is 1. The number of hydrogen-bond acceptors (Lipinski definition) is 7. The molecule has 0 aliphatic carbocycles. The minimum absolute atomic E-state index is 0.0334. The molecule has 1 aliphatic heterocycles. The van der Waals surface area contributed by atoms with E-state index in [0.29, 0.717) is 30.5 Å². The van der Waals surface area contributed by atoms with Crippen molar-refractivity contribution >= 4 is 23.5 Å². The monoisotopic (exact) mass is 473 g/mol. The summed E-state index contributed by atoms with van der Waals surface area (Å²) in [6.45, 7) is 3.42. The van der Waals surface area contributed by atoms with E-state index < -0.39 is 17.8 Å². The minimum Gasteiger partial charge on any atom is -0.381 e. The standard InChI is InChI=1S/C22H25ClFN7O2/c1-13-10-26-22(28-15-4-6-33-7-5-15)30-20(13)31-11-19(27-12-31)21(32)29-18(9-25)14-2-3-17(24)16(23)8-14/h2-3,8,10-12,15,18H,4-7,9,25H2,1H3,(H,29,32)(H,26,28,30). The number of nitrogens with one attached hydrogen (secondary N) is 2. The first-order valence-electron chi connectivity index (χ1n) is 10.6. The Hall–Kier alpha value is -3.08. The van der Waals surface area contributed by atoms with Crippen LogP contribution >= 0.6 is 11.6 Å². The molecule has 4 N–H and O–H groups in total. The van der Waals surface area contributed by atoms with E-state index in [9.17, 15) is 9.18 Å². The van der Waals surface area contributed by atoms with Crippen LogP contribution in [0, 0.1) is 12.7 Å². The molecule has 1 aliphatic rings. The molecule has 0 spiro atoms. The number of rotatable bonds is 7. The Morgan fingerprint density at radius 1 is 1.36 bits per heavy atom. The van der Waals surface area contributed by atoms with E-state index in [1.54, 1.807) is 17.0 Å². The van der Waals surface area contributed by atoms with E-state index in [-0.39, 0.29) is 23.3 Å². The van der Waals surface area contributed by atoms with Crippen LogP contribution in [-0.2, 0) is 4.74 Å². The summed E-state index contributed by atoms with van der Waals surface area (Å²) in [7, 11) is 0. The molecule has 1 aromatic carbocycles. The fourth-order valence-electron chi connectivity index (χ4n) is 3.58. The summed E-state index contributed by atoms with van der Waals surface area (Å²) < 4.78 is 20.5. The first-order chi connectivity index (χ1) is 15.9. The Bertz CT molecular complexity index is 1130. The van der Waals surface area contributed by atoms with Gasteiger partial charge in [-0.1, -0.05) is 17.7 Å². The highest BCUT2D eigenvalue weighted by Gasteiger charge is 2.19. The zero-order chi connectivity index (χ0) is 23.4. The number of halogens is 2. The second-order valence-electron chi connectivity index (χ2n) is 7.83. The van der Waals surface area contributed by atoms with Crippen LogP contribution in [-0.4, -0.2) is 51.2 Å². The maximum absolute atomic E-state index is 13.5. The first kappa shape index (κ1) is 23.1. The summed E-state index contributed by atoms with van der Waals surface area (Å²) in [5.41, 5.74) is 7.45. The summed E-state index contributed by atoms with van der Waals surface area (Å²) >= 11 is 5.86. The smallest absolute Gasteiger partial charge is 0.272 e. The van der Waals surface area contributed by atoms with Gasteiger partial charge in [-0.3, -0.25) is 9.36 Å². The lowest BCUT2D eigenvalue weighted by Crippen LogP contribution is -2.33. The third kappa shape index (κ3) is 5.47. The lowest BCUT2D eigenvalue weighted by molar-refractivity contribution is 0.0903. The third-order valence-corrected chi connectivity index (χ3v) is 5.74. The molecule has 3 aromatic rings. The summed E-state index contributed by atoms with van der Waals surface area (Å²) in [6.07, 6.45) is 6.63. The van der Waals surface area contributed by atoms with Gasteiger partial charge >= 0.3 is 0 Å². The number of nitrogens with zero attached hydrogens (tertiary/aromatic N) is 4. The van der Waals surface area contributed by atoms with Crippen LogP contribution in [0.4, 0.5) is 10.3 Å². The van der Waals surface area contributed by atoms with Gasteiger partial charge in [0.25, 0.3) is 5.91 Å². The number of hydrogen-bond donors (Lipinski definition) is 3. The highest BCUT2D eigenvalue weighted by molar-refractivity contribution is 6.30. The van der Waals surface area contributed by atoms with Crippen molar-refractivity contribution in [2.45, 2.75) is 31.8 Å². The van der Waals surface area contributed by atoms with Crippen molar-refractivity contribution in [3.05, 3.63) is 64.6 Å². The third-order valence-electron chi connectivity index (χ3n) is 5.45. The average Bonchev–Trinajstić information content (AvgIpc) is 3.31. The lowest BCUT2D eigenvalue weighted by Gasteiger charge is -2.23. The lowest BCUT2D eigenvalue weighted by atomic mass is 10.1. The molecular weight excluding hydrogens is 449 g/mol. The van der Waals surface area contributed by atoms with E-state index >= 15 is 0 Å². The zero-order valence-electron chi connectivity index (χ0n) is 18.1. The molecule has 174 valence electrons. The highest BCUT2D eigenvalue weighted by Crippen LogP contribution is 2.21. The van der Waals surface area contributed by atoms with E-state index in [1.807, 2.05) is 6.92 Å². The van der Waals surface area contributed by atoms with Crippen LogP contribution in [0.15, 0.2) is 36.9 Å². The normalized spacial score (nSPS) is 15.3. The van der Waals surface area contributed by atoms with Gasteiger partial charge in [0.2, 0.25) is 5.95 Å².